The maximum atomic E-state index is 12.8. The van der Waals surface area contributed by atoms with Gasteiger partial charge in [-0.15, -0.1) is 0 Å². The average molecular weight is 990 g/mol. The molecular formula is C65H112O6. The monoisotopic (exact) mass is 989 g/mol. The van der Waals surface area contributed by atoms with Crippen molar-refractivity contribution in [3.8, 4) is 0 Å². The van der Waals surface area contributed by atoms with Crippen molar-refractivity contribution in [2.45, 2.75) is 297 Å². The fourth-order valence-electron chi connectivity index (χ4n) is 8.41. The van der Waals surface area contributed by atoms with Gasteiger partial charge >= 0.3 is 17.9 Å². The van der Waals surface area contributed by atoms with E-state index < -0.39 is 6.10 Å². The quantitative estimate of drug-likeness (QED) is 0.0261. The molecule has 0 aromatic carbocycles. The van der Waals surface area contributed by atoms with Crippen LogP contribution in [0.3, 0.4) is 0 Å². The topological polar surface area (TPSA) is 78.9 Å². The Morgan fingerprint density at radius 1 is 0.296 bits per heavy atom. The average Bonchev–Trinajstić information content (AvgIpc) is 3.37. The summed E-state index contributed by atoms with van der Waals surface area (Å²) in [5.41, 5.74) is 0. The Morgan fingerprint density at radius 2 is 0.577 bits per heavy atom. The Kier molecular flexibility index (Phi) is 56.3. The van der Waals surface area contributed by atoms with Crippen LogP contribution < -0.4 is 0 Å². The van der Waals surface area contributed by atoms with E-state index in [1.807, 2.05) is 6.08 Å². The molecule has 0 saturated carbocycles. The van der Waals surface area contributed by atoms with Crippen molar-refractivity contribution in [2.24, 2.45) is 0 Å². The van der Waals surface area contributed by atoms with Crippen LogP contribution in [0.2, 0.25) is 0 Å². The first kappa shape index (κ1) is 67.6. The molecule has 0 radical (unpaired) electrons. The van der Waals surface area contributed by atoms with Gasteiger partial charge in [-0.05, 0) is 83.5 Å². The number of carbonyl (C=O) groups is 3. The van der Waals surface area contributed by atoms with Gasteiger partial charge in [0, 0.05) is 19.3 Å². The maximum absolute atomic E-state index is 12.8. The predicted molar refractivity (Wildman–Crippen MR) is 307 cm³/mol. The molecule has 0 saturated heterocycles. The Labute approximate surface area is 439 Å². The van der Waals surface area contributed by atoms with Gasteiger partial charge in [0.25, 0.3) is 0 Å². The van der Waals surface area contributed by atoms with Gasteiger partial charge in [-0.2, -0.15) is 0 Å². The van der Waals surface area contributed by atoms with Crippen molar-refractivity contribution in [3.63, 3.8) is 0 Å². The van der Waals surface area contributed by atoms with Crippen molar-refractivity contribution >= 4 is 17.9 Å². The fourth-order valence-corrected chi connectivity index (χ4v) is 8.41. The lowest BCUT2D eigenvalue weighted by Gasteiger charge is -2.18. The van der Waals surface area contributed by atoms with Crippen molar-refractivity contribution in [1.29, 1.82) is 0 Å². The van der Waals surface area contributed by atoms with E-state index in [9.17, 15) is 14.4 Å². The zero-order valence-corrected chi connectivity index (χ0v) is 46.7. The number of unbranched alkanes of at least 4 members (excludes halogenated alkanes) is 29. The van der Waals surface area contributed by atoms with Gasteiger partial charge in [0.2, 0.25) is 0 Å². The van der Waals surface area contributed by atoms with Gasteiger partial charge in [0.05, 0.1) is 0 Å². The first-order valence-corrected chi connectivity index (χ1v) is 30.1. The van der Waals surface area contributed by atoms with Crippen molar-refractivity contribution < 1.29 is 28.6 Å². The van der Waals surface area contributed by atoms with E-state index in [0.29, 0.717) is 19.3 Å². The number of hydrogen-bond acceptors (Lipinski definition) is 6. The smallest absolute Gasteiger partial charge is 0.306 e. The number of carbonyl (C=O) groups excluding carboxylic acids is 3. The number of allylic oxidation sites excluding steroid dienone is 14. The molecule has 6 nitrogen and oxygen atoms in total. The summed E-state index contributed by atoms with van der Waals surface area (Å²) >= 11 is 0. The molecule has 0 aliphatic rings. The van der Waals surface area contributed by atoms with Gasteiger partial charge in [0.15, 0.2) is 6.10 Å². The first-order chi connectivity index (χ1) is 35.0. The molecule has 0 spiro atoms. The zero-order valence-electron chi connectivity index (χ0n) is 46.7. The molecule has 408 valence electrons. The highest BCUT2D eigenvalue weighted by Crippen LogP contribution is 2.16. The molecule has 71 heavy (non-hydrogen) atoms. The lowest BCUT2D eigenvalue weighted by Crippen LogP contribution is -2.30. The standard InChI is InChI=1S/C65H112O6/c1-4-7-10-13-16-19-22-25-27-28-29-30-31-32-33-34-35-36-38-40-43-46-49-52-55-58-64(67)70-61-62(60-69-63(66)57-54-51-48-45-42-39-24-21-18-15-12-9-6-3)71-65(68)59-56-53-50-47-44-41-37-26-23-20-17-14-11-8-5-2/h9,12,18,21-22,25,28-29,31-32,39,42,48,51,62H,4-8,10-11,13-17,19-20,23-24,26-27,30,33-38,40-41,43-47,49-50,52-61H2,1-3H3/b12-9-,21-18-,25-22-,29-28-,32-31-,42-39-,51-48-. The van der Waals surface area contributed by atoms with Crippen LogP contribution in [0.25, 0.3) is 0 Å². The highest BCUT2D eigenvalue weighted by atomic mass is 16.6. The molecular weight excluding hydrogens is 877 g/mol. The molecule has 0 rings (SSSR count). The molecule has 0 amide bonds. The molecule has 0 fully saturated rings. The predicted octanol–water partition coefficient (Wildman–Crippen LogP) is 20.3. The SMILES string of the molecule is CC/C=C\C/C=C\C/C=C\C/C=C\CCC(=O)OCC(COC(=O)CCCCCCCCCCCC/C=C\C/C=C\C/C=C\CCCCCCC)OC(=O)CCCCCCCCCCCCCCCCC. The number of hydrogen-bond donors (Lipinski definition) is 0. The van der Waals surface area contributed by atoms with Gasteiger partial charge < -0.3 is 14.2 Å². The highest BCUT2D eigenvalue weighted by Gasteiger charge is 2.19. The molecule has 0 aromatic rings. The molecule has 1 atom stereocenters. The normalized spacial score (nSPS) is 12.7. The molecule has 0 aromatic heterocycles. The number of rotatable bonds is 54. The molecule has 1 unspecified atom stereocenters. The molecule has 0 bridgehead atoms. The number of ether oxygens (including phenoxy) is 3. The van der Waals surface area contributed by atoms with Crippen molar-refractivity contribution in [3.05, 3.63) is 85.1 Å². The molecule has 0 N–H and O–H groups in total. The van der Waals surface area contributed by atoms with E-state index in [2.05, 4.69) is 99.8 Å². The second-order valence-electron chi connectivity index (χ2n) is 19.9. The van der Waals surface area contributed by atoms with Gasteiger partial charge in [-0.1, -0.05) is 273 Å². The Balaban J connectivity index is 4.34. The van der Waals surface area contributed by atoms with E-state index >= 15 is 0 Å². The summed E-state index contributed by atoms with van der Waals surface area (Å²) < 4.78 is 16.8. The lowest BCUT2D eigenvalue weighted by molar-refractivity contribution is -0.166. The molecule has 6 heteroatoms. The van der Waals surface area contributed by atoms with E-state index in [0.717, 1.165) is 77.0 Å². The highest BCUT2D eigenvalue weighted by molar-refractivity contribution is 5.71. The zero-order chi connectivity index (χ0) is 51.4. The molecule has 0 heterocycles. The van der Waals surface area contributed by atoms with Crippen LogP contribution in [0.1, 0.15) is 290 Å². The third kappa shape index (κ3) is 57.4. The summed E-state index contributed by atoms with van der Waals surface area (Å²) in [4.78, 5) is 38.1. The summed E-state index contributed by atoms with van der Waals surface area (Å²) in [6.45, 7) is 6.47. The molecule has 0 aliphatic heterocycles. The first-order valence-electron chi connectivity index (χ1n) is 30.1. The lowest BCUT2D eigenvalue weighted by atomic mass is 10.0. The van der Waals surface area contributed by atoms with E-state index in [1.165, 1.54) is 167 Å². The van der Waals surface area contributed by atoms with Crippen LogP contribution in [-0.2, 0) is 28.6 Å². The van der Waals surface area contributed by atoms with Crippen molar-refractivity contribution in [1.82, 2.24) is 0 Å². The van der Waals surface area contributed by atoms with Crippen LogP contribution in [-0.4, -0.2) is 37.2 Å². The van der Waals surface area contributed by atoms with Gasteiger partial charge in [-0.25, -0.2) is 0 Å². The van der Waals surface area contributed by atoms with E-state index in [4.69, 9.17) is 14.2 Å². The Bertz CT molecular complexity index is 1370. The Hall–Kier alpha value is -3.41. The van der Waals surface area contributed by atoms with E-state index in [-0.39, 0.29) is 37.5 Å². The van der Waals surface area contributed by atoms with Crippen LogP contribution in [0.15, 0.2) is 85.1 Å². The van der Waals surface area contributed by atoms with Crippen molar-refractivity contribution in [2.75, 3.05) is 13.2 Å². The van der Waals surface area contributed by atoms with Crippen LogP contribution in [0, 0.1) is 0 Å². The maximum Gasteiger partial charge on any atom is 0.306 e. The van der Waals surface area contributed by atoms with Crippen LogP contribution in [0.5, 0.6) is 0 Å². The second kappa shape index (κ2) is 59.2. The van der Waals surface area contributed by atoms with Gasteiger partial charge in [-0.3, -0.25) is 14.4 Å². The largest absolute Gasteiger partial charge is 0.462 e. The third-order valence-corrected chi connectivity index (χ3v) is 12.9. The van der Waals surface area contributed by atoms with Crippen LogP contribution in [0.4, 0.5) is 0 Å². The molecule has 0 aliphatic carbocycles. The van der Waals surface area contributed by atoms with E-state index in [1.54, 1.807) is 0 Å². The minimum atomic E-state index is -0.805. The Morgan fingerprint density at radius 3 is 0.944 bits per heavy atom. The summed E-state index contributed by atoms with van der Waals surface area (Å²) in [6.07, 6.45) is 77.4. The van der Waals surface area contributed by atoms with Gasteiger partial charge in [0.1, 0.15) is 13.2 Å². The summed E-state index contributed by atoms with van der Waals surface area (Å²) in [5, 5.41) is 0. The summed E-state index contributed by atoms with van der Waals surface area (Å²) in [7, 11) is 0. The minimum Gasteiger partial charge on any atom is -0.462 e. The minimum absolute atomic E-state index is 0.0986. The summed E-state index contributed by atoms with van der Waals surface area (Å²) in [6, 6.07) is 0. The second-order valence-corrected chi connectivity index (χ2v) is 19.9. The summed E-state index contributed by atoms with van der Waals surface area (Å²) in [5.74, 6) is -0.978. The third-order valence-electron chi connectivity index (χ3n) is 12.9. The number of esters is 3. The fraction of sp³-hybridized carbons (Fsp3) is 0.738. The van der Waals surface area contributed by atoms with Crippen LogP contribution >= 0.6 is 0 Å².